The van der Waals surface area contributed by atoms with Crippen molar-refractivity contribution in [1.29, 1.82) is 0 Å². The van der Waals surface area contributed by atoms with E-state index in [0.717, 1.165) is 6.42 Å². The molecule has 1 aromatic rings. The summed E-state index contributed by atoms with van der Waals surface area (Å²) in [5, 5.41) is 4.19. The van der Waals surface area contributed by atoms with Crippen molar-refractivity contribution in [3.05, 3.63) is 18.0 Å². The third-order valence-electron chi connectivity index (χ3n) is 3.06. The Bertz CT molecular complexity index is 279. The molecule has 1 heterocycles. The van der Waals surface area contributed by atoms with Crippen LogP contribution in [0.3, 0.4) is 0 Å². The third kappa shape index (κ3) is 1.61. The van der Waals surface area contributed by atoms with Gasteiger partial charge in [0, 0.05) is 30.9 Å². The molecular weight excluding hydrogens is 162 g/mol. The Morgan fingerprint density at radius 3 is 2.85 bits per heavy atom. The summed E-state index contributed by atoms with van der Waals surface area (Å²) in [6, 6.07) is 2.43. The van der Waals surface area contributed by atoms with Gasteiger partial charge in [-0.3, -0.25) is 4.68 Å². The van der Waals surface area contributed by atoms with Crippen LogP contribution in [0.4, 0.5) is 0 Å². The molecule has 2 unspecified atom stereocenters. The van der Waals surface area contributed by atoms with Crippen LogP contribution in [0.15, 0.2) is 12.3 Å². The summed E-state index contributed by atoms with van der Waals surface area (Å²) in [6.07, 6.45) is 6.84. The van der Waals surface area contributed by atoms with Crippen LogP contribution in [0.5, 0.6) is 0 Å². The van der Waals surface area contributed by atoms with Gasteiger partial charge in [-0.1, -0.05) is 12.8 Å². The largest absolute Gasteiger partial charge is 0.327 e. The van der Waals surface area contributed by atoms with E-state index < -0.39 is 0 Å². The molecule has 0 bridgehead atoms. The van der Waals surface area contributed by atoms with Gasteiger partial charge in [-0.05, 0) is 18.9 Å². The first kappa shape index (κ1) is 8.75. The van der Waals surface area contributed by atoms with Gasteiger partial charge < -0.3 is 5.73 Å². The molecule has 0 amide bonds. The highest BCUT2D eigenvalue weighted by atomic mass is 15.3. The zero-order chi connectivity index (χ0) is 9.26. The highest BCUT2D eigenvalue weighted by Gasteiger charge is 2.25. The van der Waals surface area contributed by atoms with E-state index in [1.54, 1.807) is 0 Å². The molecule has 1 saturated carbocycles. The summed E-state index contributed by atoms with van der Waals surface area (Å²) >= 11 is 0. The minimum Gasteiger partial charge on any atom is -0.327 e. The van der Waals surface area contributed by atoms with Gasteiger partial charge in [0.15, 0.2) is 0 Å². The zero-order valence-electron chi connectivity index (χ0n) is 8.11. The van der Waals surface area contributed by atoms with Crippen molar-refractivity contribution < 1.29 is 0 Å². The SMILES string of the molecule is Cn1nccc1C1CCCCC1N. The number of aryl methyl sites for hydroxylation is 1. The van der Waals surface area contributed by atoms with Crippen LogP contribution in [0.1, 0.15) is 37.3 Å². The van der Waals surface area contributed by atoms with E-state index in [2.05, 4.69) is 11.2 Å². The summed E-state index contributed by atoms with van der Waals surface area (Å²) in [7, 11) is 2.00. The molecule has 3 heteroatoms. The van der Waals surface area contributed by atoms with Crippen molar-refractivity contribution in [1.82, 2.24) is 9.78 Å². The Morgan fingerprint density at radius 2 is 2.23 bits per heavy atom. The van der Waals surface area contributed by atoms with Crippen molar-refractivity contribution in [2.75, 3.05) is 0 Å². The molecule has 1 fully saturated rings. The topological polar surface area (TPSA) is 43.8 Å². The van der Waals surface area contributed by atoms with Gasteiger partial charge in [-0.25, -0.2) is 0 Å². The van der Waals surface area contributed by atoms with Gasteiger partial charge >= 0.3 is 0 Å². The van der Waals surface area contributed by atoms with Crippen LogP contribution in [0.2, 0.25) is 0 Å². The van der Waals surface area contributed by atoms with E-state index in [1.165, 1.54) is 25.0 Å². The van der Waals surface area contributed by atoms with Gasteiger partial charge in [-0.15, -0.1) is 0 Å². The van der Waals surface area contributed by atoms with Crippen molar-refractivity contribution in [2.45, 2.75) is 37.6 Å². The van der Waals surface area contributed by atoms with Gasteiger partial charge in [-0.2, -0.15) is 5.10 Å². The molecule has 1 aliphatic carbocycles. The van der Waals surface area contributed by atoms with Crippen molar-refractivity contribution in [3.8, 4) is 0 Å². The number of aromatic nitrogens is 2. The molecule has 2 rings (SSSR count). The van der Waals surface area contributed by atoms with Crippen LogP contribution >= 0.6 is 0 Å². The molecule has 72 valence electrons. The normalized spacial score (nSPS) is 29.1. The molecule has 1 aromatic heterocycles. The molecule has 3 nitrogen and oxygen atoms in total. The predicted molar refractivity (Wildman–Crippen MR) is 52.4 cm³/mol. The van der Waals surface area contributed by atoms with Gasteiger partial charge in [0.05, 0.1) is 0 Å². The van der Waals surface area contributed by atoms with E-state index in [-0.39, 0.29) is 0 Å². The van der Waals surface area contributed by atoms with Crippen molar-refractivity contribution in [2.24, 2.45) is 12.8 Å². The number of nitrogens with two attached hydrogens (primary N) is 1. The molecular formula is C10H17N3. The summed E-state index contributed by atoms with van der Waals surface area (Å²) < 4.78 is 1.95. The summed E-state index contributed by atoms with van der Waals surface area (Å²) in [6.45, 7) is 0. The first-order valence-electron chi connectivity index (χ1n) is 5.02. The maximum absolute atomic E-state index is 6.10. The predicted octanol–water partition coefficient (Wildman–Crippen LogP) is 1.41. The molecule has 2 atom stereocenters. The van der Waals surface area contributed by atoms with Crippen LogP contribution < -0.4 is 5.73 Å². The second-order valence-corrected chi connectivity index (χ2v) is 3.93. The average molecular weight is 179 g/mol. The maximum Gasteiger partial charge on any atom is 0.0492 e. The minimum atomic E-state index is 0.337. The van der Waals surface area contributed by atoms with Gasteiger partial charge in [0.25, 0.3) is 0 Å². The van der Waals surface area contributed by atoms with Gasteiger partial charge in [0.1, 0.15) is 0 Å². The average Bonchev–Trinajstić information content (AvgIpc) is 2.52. The second kappa shape index (κ2) is 3.50. The Kier molecular flexibility index (Phi) is 2.36. The summed E-state index contributed by atoms with van der Waals surface area (Å²) in [5.74, 6) is 0.529. The molecule has 2 N–H and O–H groups in total. The number of rotatable bonds is 1. The van der Waals surface area contributed by atoms with Crippen LogP contribution in [0, 0.1) is 0 Å². The number of hydrogen-bond donors (Lipinski definition) is 1. The number of nitrogens with zero attached hydrogens (tertiary/aromatic N) is 2. The first-order valence-corrected chi connectivity index (χ1v) is 5.02. The molecule has 13 heavy (non-hydrogen) atoms. The Morgan fingerprint density at radius 1 is 1.46 bits per heavy atom. The molecule has 0 spiro atoms. The molecule has 0 aromatic carbocycles. The second-order valence-electron chi connectivity index (χ2n) is 3.93. The molecule has 0 saturated heterocycles. The fraction of sp³-hybridized carbons (Fsp3) is 0.700. The van der Waals surface area contributed by atoms with Crippen LogP contribution in [-0.2, 0) is 7.05 Å². The summed E-state index contributed by atoms with van der Waals surface area (Å²) in [4.78, 5) is 0. The Balaban J connectivity index is 2.19. The maximum atomic E-state index is 6.10. The van der Waals surface area contributed by atoms with Crippen LogP contribution in [0.25, 0.3) is 0 Å². The van der Waals surface area contributed by atoms with E-state index in [1.807, 2.05) is 17.9 Å². The van der Waals surface area contributed by atoms with E-state index in [9.17, 15) is 0 Å². The monoisotopic (exact) mass is 179 g/mol. The highest BCUT2D eigenvalue weighted by Crippen LogP contribution is 2.31. The lowest BCUT2D eigenvalue weighted by Crippen LogP contribution is -2.32. The fourth-order valence-electron chi connectivity index (χ4n) is 2.27. The Labute approximate surface area is 78.9 Å². The van der Waals surface area contributed by atoms with E-state index in [0.29, 0.717) is 12.0 Å². The highest BCUT2D eigenvalue weighted by molar-refractivity contribution is 5.11. The molecule has 0 radical (unpaired) electrons. The lowest BCUT2D eigenvalue weighted by Gasteiger charge is -2.28. The lowest BCUT2D eigenvalue weighted by molar-refractivity contribution is 0.370. The van der Waals surface area contributed by atoms with E-state index in [4.69, 9.17) is 5.73 Å². The smallest absolute Gasteiger partial charge is 0.0492 e. The van der Waals surface area contributed by atoms with E-state index >= 15 is 0 Å². The molecule has 1 aliphatic rings. The standard InChI is InChI=1S/C10H17N3/c1-13-10(6-7-12-13)8-4-2-3-5-9(8)11/h6-9H,2-5,11H2,1H3. The van der Waals surface area contributed by atoms with Crippen molar-refractivity contribution >= 4 is 0 Å². The minimum absolute atomic E-state index is 0.337. The molecule has 0 aliphatic heterocycles. The third-order valence-corrected chi connectivity index (χ3v) is 3.06. The summed E-state index contributed by atoms with van der Waals surface area (Å²) in [5.41, 5.74) is 7.40. The zero-order valence-corrected chi connectivity index (χ0v) is 8.11. The number of hydrogen-bond acceptors (Lipinski definition) is 2. The van der Waals surface area contributed by atoms with Crippen molar-refractivity contribution in [3.63, 3.8) is 0 Å². The van der Waals surface area contributed by atoms with Crippen LogP contribution in [-0.4, -0.2) is 15.8 Å². The first-order chi connectivity index (χ1) is 6.29. The quantitative estimate of drug-likeness (QED) is 0.708. The van der Waals surface area contributed by atoms with Gasteiger partial charge in [0.2, 0.25) is 0 Å². The lowest BCUT2D eigenvalue weighted by atomic mass is 9.83. The fourth-order valence-corrected chi connectivity index (χ4v) is 2.27. The Hall–Kier alpha value is -0.830.